The Morgan fingerprint density at radius 3 is 2.75 bits per heavy atom. The van der Waals surface area contributed by atoms with E-state index in [1.54, 1.807) is 0 Å². The summed E-state index contributed by atoms with van der Waals surface area (Å²) in [6, 6.07) is 0. The van der Waals surface area contributed by atoms with Crippen molar-refractivity contribution in [2.24, 2.45) is 0 Å². The smallest absolute Gasteiger partial charge is 0.320 e. The number of carbonyl (C=O) groups excluding carboxylic acids is 1. The summed E-state index contributed by atoms with van der Waals surface area (Å²) in [6.45, 7) is 5.37. The third kappa shape index (κ3) is 5.92. The van der Waals surface area contributed by atoms with E-state index in [1.807, 2.05) is 37.9 Å². The maximum absolute atomic E-state index is 10.9. The lowest BCUT2D eigenvalue weighted by molar-refractivity contribution is -0.143. The summed E-state index contributed by atoms with van der Waals surface area (Å²) < 4.78 is 4.79. The van der Waals surface area contributed by atoms with E-state index in [4.69, 9.17) is 4.74 Å². The zero-order valence-corrected chi connectivity index (χ0v) is 8.04. The molecule has 70 valence electrons. The molecule has 0 rings (SSSR count). The molecule has 0 unspecified atom stereocenters. The van der Waals surface area contributed by atoms with Crippen LogP contribution in [0.3, 0.4) is 0 Å². The SMILES string of the molecule is CC=CCN(C)CC(=O)OCC. The fourth-order valence-corrected chi connectivity index (χ4v) is 0.777. The highest BCUT2D eigenvalue weighted by Crippen LogP contribution is 1.86. The second-order valence-corrected chi connectivity index (χ2v) is 2.57. The fraction of sp³-hybridized carbons (Fsp3) is 0.667. The van der Waals surface area contributed by atoms with Gasteiger partial charge in [0.1, 0.15) is 0 Å². The van der Waals surface area contributed by atoms with Gasteiger partial charge in [-0.05, 0) is 20.9 Å². The van der Waals surface area contributed by atoms with E-state index >= 15 is 0 Å². The van der Waals surface area contributed by atoms with Crippen LogP contribution in [-0.2, 0) is 9.53 Å². The summed E-state index contributed by atoms with van der Waals surface area (Å²) in [5.41, 5.74) is 0. The zero-order valence-electron chi connectivity index (χ0n) is 8.04. The lowest BCUT2D eigenvalue weighted by Crippen LogP contribution is -2.27. The molecule has 3 heteroatoms. The van der Waals surface area contributed by atoms with Crippen molar-refractivity contribution in [3.05, 3.63) is 12.2 Å². The minimum Gasteiger partial charge on any atom is -0.465 e. The molecule has 0 radical (unpaired) electrons. The average Bonchev–Trinajstić information content (AvgIpc) is 2.01. The molecule has 0 heterocycles. The Labute approximate surface area is 74.0 Å². The summed E-state index contributed by atoms with van der Waals surface area (Å²) in [7, 11) is 1.89. The van der Waals surface area contributed by atoms with E-state index in [2.05, 4.69) is 0 Å². The van der Waals surface area contributed by atoms with Gasteiger partial charge < -0.3 is 4.74 Å². The van der Waals surface area contributed by atoms with E-state index in [0.29, 0.717) is 13.2 Å². The molecule has 0 aliphatic carbocycles. The van der Waals surface area contributed by atoms with Crippen molar-refractivity contribution in [2.75, 3.05) is 26.7 Å². The number of esters is 1. The first-order chi connectivity index (χ1) is 5.70. The van der Waals surface area contributed by atoms with Gasteiger partial charge in [0.15, 0.2) is 0 Å². The first-order valence-corrected chi connectivity index (χ1v) is 4.16. The maximum atomic E-state index is 10.9. The van der Waals surface area contributed by atoms with E-state index in [1.165, 1.54) is 0 Å². The summed E-state index contributed by atoms with van der Waals surface area (Å²) in [5.74, 6) is -0.162. The molecule has 3 nitrogen and oxygen atoms in total. The number of ether oxygens (including phenoxy) is 1. The average molecular weight is 171 g/mol. The highest BCUT2D eigenvalue weighted by atomic mass is 16.5. The Bertz CT molecular complexity index is 155. The number of carbonyl (C=O) groups is 1. The molecule has 0 aromatic rings. The first kappa shape index (κ1) is 11.2. The van der Waals surface area contributed by atoms with Crippen LogP contribution in [0.2, 0.25) is 0 Å². The molecule has 0 aromatic heterocycles. The van der Waals surface area contributed by atoms with Gasteiger partial charge >= 0.3 is 5.97 Å². The van der Waals surface area contributed by atoms with Crippen LogP contribution in [0.1, 0.15) is 13.8 Å². The van der Waals surface area contributed by atoms with E-state index < -0.39 is 0 Å². The normalized spacial score (nSPS) is 11.0. The lowest BCUT2D eigenvalue weighted by atomic mass is 10.4. The summed E-state index contributed by atoms with van der Waals surface area (Å²) in [5, 5.41) is 0. The van der Waals surface area contributed by atoms with E-state index in [-0.39, 0.29) is 5.97 Å². The number of hydrogen-bond acceptors (Lipinski definition) is 3. The Balaban J connectivity index is 3.53. The topological polar surface area (TPSA) is 29.5 Å². The summed E-state index contributed by atoms with van der Waals surface area (Å²) in [6.07, 6.45) is 3.96. The first-order valence-electron chi connectivity index (χ1n) is 4.16. The summed E-state index contributed by atoms with van der Waals surface area (Å²) in [4.78, 5) is 12.8. The Hall–Kier alpha value is -0.830. The van der Waals surface area contributed by atoms with Crippen molar-refractivity contribution < 1.29 is 9.53 Å². The number of nitrogens with zero attached hydrogens (tertiary/aromatic N) is 1. The van der Waals surface area contributed by atoms with Gasteiger partial charge in [0.25, 0.3) is 0 Å². The van der Waals surface area contributed by atoms with Gasteiger partial charge in [-0.3, -0.25) is 9.69 Å². The van der Waals surface area contributed by atoms with Gasteiger partial charge in [-0.15, -0.1) is 0 Å². The van der Waals surface area contributed by atoms with Gasteiger partial charge in [-0.2, -0.15) is 0 Å². The Morgan fingerprint density at radius 1 is 1.58 bits per heavy atom. The standard InChI is InChI=1S/C9H17NO2/c1-4-6-7-10(3)8-9(11)12-5-2/h4,6H,5,7-8H2,1-3H3. The highest BCUT2D eigenvalue weighted by molar-refractivity contribution is 5.71. The van der Waals surface area contributed by atoms with Crippen molar-refractivity contribution in [3.63, 3.8) is 0 Å². The van der Waals surface area contributed by atoms with Crippen LogP contribution >= 0.6 is 0 Å². The fourth-order valence-electron chi connectivity index (χ4n) is 0.777. The monoisotopic (exact) mass is 171 g/mol. The van der Waals surface area contributed by atoms with Crippen LogP contribution in [0.25, 0.3) is 0 Å². The molecule has 0 saturated heterocycles. The number of likely N-dealkylation sites (N-methyl/N-ethyl adjacent to an activating group) is 1. The van der Waals surface area contributed by atoms with Crippen molar-refractivity contribution in [1.82, 2.24) is 4.90 Å². The molecule has 0 saturated carbocycles. The van der Waals surface area contributed by atoms with Crippen molar-refractivity contribution >= 4 is 5.97 Å². The van der Waals surface area contributed by atoms with Crippen LogP contribution in [0, 0.1) is 0 Å². The van der Waals surface area contributed by atoms with Crippen LogP contribution in [0.5, 0.6) is 0 Å². The quantitative estimate of drug-likeness (QED) is 0.457. The molecule has 0 fully saturated rings. The number of hydrogen-bond donors (Lipinski definition) is 0. The van der Waals surface area contributed by atoms with E-state index in [9.17, 15) is 4.79 Å². The van der Waals surface area contributed by atoms with Gasteiger partial charge in [0.05, 0.1) is 13.2 Å². The molecule has 0 amide bonds. The second kappa shape index (κ2) is 6.85. The molecular formula is C9H17NO2. The number of rotatable bonds is 5. The van der Waals surface area contributed by atoms with Gasteiger partial charge in [0.2, 0.25) is 0 Å². The minimum absolute atomic E-state index is 0.162. The molecule has 0 aliphatic rings. The Kier molecular flexibility index (Phi) is 6.38. The maximum Gasteiger partial charge on any atom is 0.320 e. The Morgan fingerprint density at radius 2 is 2.25 bits per heavy atom. The molecular weight excluding hydrogens is 154 g/mol. The van der Waals surface area contributed by atoms with Gasteiger partial charge in [-0.1, -0.05) is 12.2 Å². The predicted molar refractivity (Wildman–Crippen MR) is 48.9 cm³/mol. The molecule has 0 bridgehead atoms. The van der Waals surface area contributed by atoms with Crippen molar-refractivity contribution in [2.45, 2.75) is 13.8 Å². The molecule has 0 aromatic carbocycles. The van der Waals surface area contributed by atoms with Crippen molar-refractivity contribution in [3.8, 4) is 0 Å². The lowest BCUT2D eigenvalue weighted by Gasteiger charge is -2.12. The largest absolute Gasteiger partial charge is 0.465 e. The zero-order chi connectivity index (χ0) is 9.40. The number of allylic oxidation sites excluding steroid dienone is 1. The van der Waals surface area contributed by atoms with Crippen LogP contribution in [0.15, 0.2) is 12.2 Å². The predicted octanol–water partition coefficient (Wildman–Crippen LogP) is 1.06. The molecule has 0 spiro atoms. The summed E-state index contributed by atoms with van der Waals surface area (Å²) >= 11 is 0. The molecule has 0 N–H and O–H groups in total. The van der Waals surface area contributed by atoms with Gasteiger partial charge in [-0.25, -0.2) is 0 Å². The molecule has 0 aliphatic heterocycles. The second-order valence-electron chi connectivity index (χ2n) is 2.57. The van der Waals surface area contributed by atoms with Crippen LogP contribution in [0.4, 0.5) is 0 Å². The van der Waals surface area contributed by atoms with Crippen LogP contribution < -0.4 is 0 Å². The van der Waals surface area contributed by atoms with Crippen molar-refractivity contribution in [1.29, 1.82) is 0 Å². The van der Waals surface area contributed by atoms with Crippen LogP contribution in [-0.4, -0.2) is 37.6 Å². The minimum atomic E-state index is -0.162. The third-order valence-electron chi connectivity index (χ3n) is 1.36. The highest BCUT2D eigenvalue weighted by Gasteiger charge is 2.04. The molecule has 12 heavy (non-hydrogen) atoms. The molecule has 0 atom stereocenters. The van der Waals surface area contributed by atoms with Gasteiger partial charge in [0, 0.05) is 6.54 Å². The third-order valence-corrected chi connectivity index (χ3v) is 1.36. The van der Waals surface area contributed by atoms with E-state index in [0.717, 1.165) is 6.54 Å².